The van der Waals surface area contributed by atoms with Crippen LogP contribution >= 0.6 is 0 Å². The lowest BCUT2D eigenvalue weighted by molar-refractivity contribution is -0.137. The van der Waals surface area contributed by atoms with Crippen LogP contribution in [0, 0.1) is 0 Å². The van der Waals surface area contributed by atoms with E-state index in [0.29, 0.717) is 30.3 Å². The third kappa shape index (κ3) is 6.71. The number of rotatable bonds is 10. The lowest BCUT2D eigenvalue weighted by Gasteiger charge is -2.08. The number of aromatic nitrogens is 4. The Kier molecular flexibility index (Phi) is 7.26. The lowest BCUT2D eigenvalue weighted by Crippen LogP contribution is -2.05. The minimum atomic E-state index is -4.35. The van der Waals surface area contributed by atoms with E-state index in [2.05, 4.69) is 20.6 Å². The van der Waals surface area contributed by atoms with Crippen LogP contribution in [-0.2, 0) is 19.3 Å². The van der Waals surface area contributed by atoms with Crippen LogP contribution in [-0.4, -0.2) is 26.6 Å². The SMILES string of the molecule is FC(F)(F)c1ccc(/C=C/c2nc(CNc3ccc(OCCCn4ccnn4)cc3)co2)cc1. The van der Waals surface area contributed by atoms with Crippen molar-refractivity contribution in [3.8, 4) is 5.75 Å². The molecular weight excluding hydrogens is 447 g/mol. The number of oxazole rings is 1. The molecule has 0 aliphatic heterocycles. The Morgan fingerprint density at radius 2 is 1.82 bits per heavy atom. The number of ether oxygens (including phenoxy) is 1. The number of nitrogens with zero attached hydrogens (tertiary/aromatic N) is 4. The fraction of sp³-hybridized carbons (Fsp3) is 0.208. The van der Waals surface area contributed by atoms with Crippen LogP contribution in [0.5, 0.6) is 5.75 Å². The van der Waals surface area contributed by atoms with Gasteiger partial charge in [0.1, 0.15) is 12.0 Å². The fourth-order valence-corrected chi connectivity index (χ4v) is 3.06. The molecule has 10 heteroatoms. The number of benzene rings is 2. The molecule has 176 valence electrons. The van der Waals surface area contributed by atoms with E-state index >= 15 is 0 Å². The summed E-state index contributed by atoms with van der Waals surface area (Å²) < 4.78 is 50.8. The van der Waals surface area contributed by atoms with Gasteiger partial charge in [-0.3, -0.25) is 4.68 Å². The van der Waals surface area contributed by atoms with Crippen LogP contribution in [0.3, 0.4) is 0 Å². The molecule has 2 heterocycles. The first-order valence-corrected chi connectivity index (χ1v) is 10.6. The van der Waals surface area contributed by atoms with Gasteiger partial charge in [-0.15, -0.1) is 5.10 Å². The van der Waals surface area contributed by atoms with Gasteiger partial charge in [-0.25, -0.2) is 4.98 Å². The molecule has 7 nitrogen and oxygen atoms in total. The summed E-state index contributed by atoms with van der Waals surface area (Å²) in [6.45, 7) is 1.78. The summed E-state index contributed by atoms with van der Waals surface area (Å²) >= 11 is 0. The molecule has 0 saturated carbocycles. The normalized spacial score (nSPS) is 11.7. The van der Waals surface area contributed by atoms with Crippen molar-refractivity contribution in [2.24, 2.45) is 0 Å². The number of halogens is 3. The first-order chi connectivity index (χ1) is 16.5. The Hall–Kier alpha value is -4.08. The molecule has 0 fully saturated rings. The highest BCUT2D eigenvalue weighted by Gasteiger charge is 2.29. The van der Waals surface area contributed by atoms with Gasteiger partial charge in [0.15, 0.2) is 0 Å². The molecule has 0 bridgehead atoms. The second-order valence-corrected chi connectivity index (χ2v) is 7.38. The van der Waals surface area contributed by atoms with Crippen molar-refractivity contribution in [3.63, 3.8) is 0 Å². The zero-order valence-electron chi connectivity index (χ0n) is 18.1. The molecule has 2 aromatic carbocycles. The Labute approximate surface area is 193 Å². The summed E-state index contributed by atoms with van der Waals surface area (Å²) in [5.74, 6) is 1.15. The molecule has 4 aromatic rings. The van der Waals surface area contributed by atoms with Gasteiger partial charge < -0.3 is 14.5 Å². The van der Waals surface area contributed by atoms with Crippen molar-refractivity contribution in [1.82, 2.24) is 20.0 Å². The molecule has 34 heavy (non-hydrogen) atoms. The van der Waals surface area contributed by atoms with Crippen molar-refractivity contribution >= 4 is 17.8 Å². The number of anilines is 1. The third-order valence-corrected chi connectivity index (χ3v) is 4.83. The van der Waals surface area contributed by atoms with Gasteiger partial charge in [-0.1, -0.05) is 17.3 Å². The summed E-state index contributed by atoms with van der Waals surface area (Å²) in [6, 6.07) is 12.5. The van der Waals surface area contributed by atoms with Crippen molar-refractivity contribution in [3.05, 3.63) is 89.9 Å². The van der Waals surface area contributed by atoms with Gasteiger partial charge in [-0.2, -0.15) is 13.2 Å². The summed E-state index contributed by atoms with van der Waals surface area (Å²) in [5.41, 5.74) is 1.53. The summed E-state index contributed by atoms with van der Waals surface area (Å²) in [6.07, 6.45) is 4.73. The molecule has 0 amide bonds. The van der Waals surface area contributed by atoms with Gasteiger partial charge in [0.2, 0.25) is 5.89 Å². The highest BCUT2D eigenvalue weighted by atomic mass is 19.4. The lowest BCUT2D eigenvalue weighted by atomic mass is 10.1. The van der Waals surface area contributed by atoms with Gasteiger partial charge in [0, 0.05) is 30.9 Å². The van der Waals surface area contributed by atoms with E-state index in [1.165, 1.54) is 18.4 Å². The Bertz CT molecular complexity index is 1180. The van der Waals surface area contributed by atoms with Crippen molar-refractivity contribution in [2.75, 3.05) is 11.9 Å². The smallest absolute Gasteiger partial charge is 0.416 e. The summed E-state index contributed by atoms with van der Waals surface area (Å²) in [4.78, 5) is 4.35. The Morgan fingerprint density at radius 1 is 1.03 bits per heavy atom. The first kappa shape index (κ1) is 23.1. The van der Waals surface area contributed by atoms with E-state index in [1.54, 1.807) is 23.0 Å². The van der Waals surface area contributed by atoms with Gasteiger partial charge in [0.25, 0.3) is 0 Å². The number of alkyl halides is 3. The zero-order chi connectivity index (χ0) is 23.8. The maximum atomic E-state index is 12.6. The predicted molar refractivity (Wildman–Crippen MR) is 121 cm³/mol. The molecular formula is C24H22F3N5O2. The van der Waals surface area contributed by atoms with Crippen LogP contribution in [0.1, 0.15) is 29.1 Å². The van der Waals surface area contributed by atoms with Crippen molar-refractivity contribution in [1.29, 1.82) is 0 Å². The molecule has 0 spiro atoms. The van der Waals surface area contributed by atoms with Crippen molar-refractivity contribution < 1.29 is 22.3 Å². The second-order valence-electron chi connectivity index (χ2n) is 7.38. The highest BCUT2D eigenvalue weighted by Crippen LogP contribution is 2.29. The highest BCUT2D eigenvalue weighted by molar-refractivity contribution is 5.66. The van der Waals surface area contributed by atoms with E-state index in [4.69, 9.17) is 9.15 Å². The molecule has 2 aromatic heterocycles. The number of hydrogen-bond acceptors (Lipinski definition) is 6. The van der Waals surface area contributed by atoms with E-state index < -0.39 is 11.7 Å². The van der Waals surface area contributed by atoms with E-state index in [-0.39, 0.29) is 0 Å². The second kappa shape index (κ2) is 10.7. The Morgan fingerprint density at radius 3 is 2.53 bits per heavy atom. The van der Waals surface area contributed by atoms with Crippen LogP contribution in [0.15, 0.2) is 71.6 Å². The average molecular weight is 469 g/mol. The van der Waals surface area contributed by atoms with Crippen LogP contribution in [0.4, 0.5) is 18.9 Å². The molecule has 1 N–H and O–H groups in total. The maximum absolute atomic E-state index is 12.6. The van der Waals surface area contributed by atoms with Gasteiger partial charge in [0.05, 0.1) is 30.6 Å². The minimum absolute atomic E-state index is 0.367. The number of nitrogens with one attached hydrogen (secondary N) is 1. The number of aryl methyl sites for hydroxylation is 1. The van der Waals surface area contributed by atoms with E-state index in [0.717, 1.165) is 36.5 Å². The topological polar surface area (TPSA) is 78.0 Å². The molecule has 0 atom stereocenters. The van der Waals surface area contributed by atoms with E-state index in [1.807, 2.05) is 30.5 Å². The molecule has 0 aliphatic carbocycles. The fourth-order valence-electron chi connectivity index (χ4n) is 3.06. The van der Waals surface area contributed by atoms with Gasteiger partial charge in [-0.05, 0) is 48.0 Å². The molecule has 0 unspecified atom stereocenters. The third-order valence-electron chi connectivity index (χ3n) is 4.83. The van der Waals surface area contributed by atoms with Crippen molar-refractivity contribution in [2.45, 2.75) is 25.7 Å². The molecule has 0 radical (unpaired) electrons. The molecule has 0 saturated heterocycles. The van der Waals surface area contributed by atoms with Crippen LogP contribution < -0.4 is 10.1 Å². The van der Waals surface area contributed by atoms with E-state index in [9.17, 15) is 13.2 Å². The molecule has 0 aliphatic rings. The Balaban J connectivity index is 1.21. The molecule has 4 rings (SSSR count). The van der Waals surface area contributed by atoms with Crippen LogP contribution in [0.2, 0.25) is 0 Å². The summed E-state index contributed by atoms with van der Waals surface area (Å²) in [5, 5.41) is 10.9. The zero-order valence-corrected chi connectivity index (χ0v) is 18.1. The predicted octanol–water partition coefficient (Wildman–Crippen LogP) is 5.54. The maximum Gasteiger partial charge on any atom is 0.416 e. The number of hydrogen-bond donors (Lipinski definition) is 1. The largest absolute Gasteiger partial charge is 0.494 e. The summed E-state index contributed by atoms with van der Waals surface area (Å²) in [7, 11) is 0. The minimum Gasteiger partial charge on any atom is -0.494 e. The first-order valence-electron chi connectivity index (χ1n) is 10.6. The van der Waals surface area contributed by atoms with Gasteiger partial charge >= 0.3 is 6.18 Å². The van der Waals surface area contributed by atoms with Crippen LogP contribution in [0.25, 0.3) is 12.2 Å². The monoisotopic (exact) mass is 469 g/mol. The quantitative estimate of drug-likeness (QED) is 0.308. The average Bonchev–Trinajstić information content (AvgIpc) is 3.52. The standard InChI is InChI=1S/C24H22F3N5O2/c25-24(26,27)19-5-2-18(3-6-19)4-11-23-30-21(17-34-23)16-28-20-7-9-22(10-8-20)33-15-1-13-32-14-12-29-31-32/h2-12,14,17,28H,1,13,15-16H2/b11-4+.